The van der Waals surface area contributed by atoms with Gasteiger partial charge in [0.1, 0.15) is 5.82 Å². The molecule has 0 fully saturated rings. The van der Waals surface area contributed by atoms with Crippen molar-refractivity contribution in [1.82, 2.24) is 9.55 Å². The van der Waals surface area contributed by atoms with E-state index in [2.05, 4.69) is 72.0 Å². The molecule has 0 saturated carbocycles. The van der Waals surface area contributed by atoms with Crippen molar-refractivity contribution in [3.63, 3.8) is 0 Å². The molecule has 0 radical (unpaired) electrons. The topological polar surface area (TPSA) is 17.8 Å². The van der Waals surface area contributed by atoms with Gasteiger partial charge in [0.15, 0.2) is 0 Å². The van der Waals surface area contributed by atoms with Crippen LogP contribution in [-0.4, -0.2) is 9.55 Å². The first kappa shape index (κ1) is 14.6. The van der Waals surface area contributed by atoms with Crippen molar-refractivity contribution in [2.45, 2.75) is 33.1 Å². The molecule has 1 aliphatic carbocycles. The molecule has 0 atom stereocenters. The quantitative estimate of drug-likeness (QED) is 0.790. The number of hydrogen-bond acceptors (Lipinski definition) is 1. The highest BCUT2D eigenvalue weighted by Crippen LogP contribution is 2.18. The Hall–Kier alpha value is -2.35. The van der Waals surface area contributed by atoms with Gasteiger partial charge >= 0.3 is 0 Å². The first-order valence-electron chi connectivity index (χ1n) is 7.90. The SMILES string of the molecule is CCc1cccc(-n2ccnc2CC2=CC=C(C)CC=C2)c1. The van der Waals surface area contributed by atoms with Gasteiger partial charge in [-0.25, -0.2) is 4.98 Å². The van der Waals surface area contributed by atoms with Crippen LogP contribution in [0.1, 0.15) is 31.7 Å². The fraction of sp³-hybridized carbons (Fsp3) is 0.250. The molecule has 2 heteroatoms. The number of aromatic nitrogens is 2. The van der Waals surface area contributed by atoms with Crippen LogP contribution >= 0.6 is 0 Å². The van der Waals surface area contributed by atoms with Gasteiger partial charge in [-0.05, 0) is 43.0 Å². The summed E-state index contributed by atoms with van der Waals surface area (Å²) in [6, 6.07) is 8.68. The summed E-state index contributed by atoms with van der Waals surface area (Å²) in [6.07, 6.45) is 15.7. The predicted octanol–water partition coefficient (Wildman–Crippen LogP) is 4.81. The van der Waals surface area contributed by atoms with E-state index in [-0.39, 0.29) is 0 Å². The standard InChI is InChI=1S/C20H22N2/c1-3-17-7-5-9-19(14-17)22-13-12-21-20(22)15-18-8-4-6-16(2)10-11-18/h4-5,7-14H,3,6,15H2,1-2H3. The molecular formula is C20H22N2. The summed E-state index contributed by atoms with van der Waals surface area (Å²) in [5.41, 5.74) is 5.24. The van der Waals surface area contributed by atoms with Crippen molar-refractivity contribution in [3.8, 4) is 5.69 Å². The molecule has 2 aromatic rings. The smallest absolute Gasteiger partial charge is 0.117 e. The zero-order valence-electron chi connectivity index (χ0n) is 13.3. The molecule has 0 aliphatic heterocycles. The third kappa shape index (κ3) is 3.28. The maximum absolute atomic E-state index is 4.56. The van der Waals surface area contributed by atoms with Gasteiger partial charge < -0.3 is 4.57 Å². The molecule has 22 heavy (non-hydrogen) atoms. The van der Waals surface area contributed by atoms with E-state index in [1.54, 1.807) is 0 Å². The summed E-state index contributed by atoms with van der Waals surface area (Å²) in [6.45, 7) is 4.35. The molecule has 0 unspecified atom stereocenters. The van der Waals surface area contributed by atoms with Gasteiger partial charge in [0, 0.05) is 24.5 Å². The molecule has 0 bridgehead atoms. The van der Waals surface area contributed by atoms with Gasteiger partial charge in [-0.3, -0.25) is 0 Å². The molecule has 2 nitrogen and oxygen atoms in total. The number of imidazole rings is 1. The van der Waals surface area contributed by atoms with E-state index < -0.39 is 0 Å². The molecule has 1 aliphatic rings. The first-order valence-corrected chi connectivity index (χ1v) is 7.90. The fourth-order valence-electron chi connectivity index (χ4n) is 2.70. The molecule has 0 saturated heterocycles. The third-order valence-corrected chi connectivity index (χ3v) is 4.03. The van der Waals surface area contributed by atoms with Crippen molar-refractivity contribution in [2.24, 2.45) is 0 Å². The van der Waals surface area contributed by atoms with Crippen LogP contribution in [0.4, 0.5) is 0 Å². The Balaban J connectivity index is 1.89. The Bertz CT molecular complexity index is 745. The summed E-state index contributed by atoms with van der Waals surface area (Å²) in [7, 11) is 0. The van der Waals surface area contributed by atoms with Crippen LogP contribution in [0.5, 0.6) is 0 Å². The molecular weight excluding hydrogens is 268 g/mol. The van der Waals surface area contributed by atoms with Gasteiger partial charge in [-0.1, -0.05) is 48.9 Å². The highest BCUT2D eigenvalue weighted by atomic mass is 15.1. The lowest BCUT2D eigenvalue weighted by atomic mass is 10.1. The molecule has 1 aromatic carbocycles. The van der Waals surface area contributed by atoms with Crippen molar-refractivity contribution < 1.29 is 0 Å². The third-order valence-electron chi connectivity index (χ3n) is 4.03. The Kier molecular flexibility index (Phi) is 4.38. The summed E-state index contributed by atoms with van der Waals surface area (Å²) in [4.78, 5) is 4.56. The Morgan fingerprint density at radius 1 is 1.23 bits per heavy atom. The molecule has 0 amide bonds. The minimum atomic E-state index is 0.851. The van der Waals surface area contributed by atoms with Crippen molar-refractivity contribution in [1.29, 1.82) is 0 Å². The van der Waals surface area contributed by atoms with Gasteiger partial charge in [0.05, 0.1) is 0 Å². The number of aryl methyl sites for hydroxylation is 1. The van der Waals surface area contributed by atoms with E-state index in [9.17, 15) is 0 Å². The second-order valence-corrected chi connectivity index (χ2v) is 5.77. The van der Waals surface area contributed by atoms with Crippen LogP contribution in [0.2, 0.25) is 0 Å². The van der Waals surface area contributed by atoms with Gasteiger partial charge in [0.2, 0.25) is 0 Å². The second kappa shape index (κ2) is 6.61. The lowest BCUT2D eigenvalue weighted by Gasteiger charge is -2.09. The maximum atomic E-state index is 4.56. The zero-order chi connectivity index (χ0) is 15.4. The normalized spacial score (nSPS) is 14.5. The van der Waals surface area contributed by atoms with Crippen LogP contribution in [-0.2, 0) is 12.8 Å². The molecule has 3 rings (SSSR count). The molecule has 0 N–H and O–H groups in total. The summed E-state index contributed by atoms with van der Waals surface area (Å²) in [5, 5.41) is 0. The summed E-state index contributed by atoms with van der Waals surface area (Å²) >= 11 is 0. The monoisotopic (exact) mass is 290 g/mol. The number of benzene rings is 1. The van der Waals surface area contributed by atoms with Crippen LogP contribution < -0.4 is 0 Å². The summed E-state index contributed by atoms with van der Waals surface area (Å²) in [5.74, 6) is 1.08. The average molecular weight is 290 g/mol. The highest BCUT2D eigenvalue weighted by molar-refractivity contribution is 5.39. The summed E-state index contributed by atoms with van der Waals surface area (Å²) < 4.78 is 2.19. The second-order valence-electron chi connectivity index (χ2n) is 5.77. The minimum Gasteiger partial charge on any atom is -0.303 e. The Labute approximate surface area is 132 Å². The van der Waals surface area contributed by atoms with Crippen LogP contribution in [0.3, 0.4) is 0 Å². The number of nitrogens with zero attached hydrogens (tertiary/aromatic N) is 2. The predicted molar refractivity (Wildman–Crippen MR) is 92.2 cm³/mol. The number of rotatable bonds is 4. The van der Waals surface area contributed by atoms with E-state index in [0.29, 0.717) is 0 Å². The molecule has 112 valence electrons. The van der Waals surface area contributed by atoms with E-state index >= 15 is 0 Å². The lowest BCUT2D eigenvalue weighted by molar-refractivity contribution is 0.910. The van der Waals surface area contributed by atoms with Crippen molar-refractivity contribution >= 4 is 0 Å². The Morgan fingerprint density at radius 2 is 2.14 bits per heavy atom. The Morgan fingerprint density at radius 3 is 3.00 bits per heavy atom. The molecule has 1 aromatic heterocycles. The molecule has 1 heterocycles. The zero-order valence-corrected chi connectivity index (χ0v) is 13.3. The maximum Gasteiger partial charge on any atom is 0.117 e. The fourth-order valence-corrected chi connectivity index (χ4v) is 2.70. The van der Waals surface area contributed by atoms with Crippen LogP contribution in [0.15, 0.2) is 72.1 Å². The minimum absolute atomic E-state index is 0.851. The number of allylic oxidation sites excluding steroid dienone is 6. The number of hydrogen-bond donors (Lipinski definition) is 0. The highest BCUT2D eigenvalue weighted by Gasteiger charge is 2.07. The molecule has 0 spiro atoms. The van der Waals surface area contributed by atoms with Gasteiger partial charge in [0.25, 0.3) is 0 Å². The lowest BCUT2D eigenvalue weighted by Crippen LogP contribution is -2.02. The van der Waals surface area contributed by atoms with Crippen LogP contribution in [0.25, 0.3) is 5.69 Å². The largest absolute Gasteiger partial charge is 0.303 e. The van der Waals surface area contributed by atoms with Crippen molar-refractivity contribution in [2.75, 3.05) is 0 Å². The van der Waals surface area contributed by atoms with E-state index in [4.69, 9.17) is 0 Å². The van der Waals surface area contributed by atoms with Crippen molar-refractivity contribution in [3.05, 3.63) is 83.5 Å². The van der Waals surface area contributed by atoms with Gasteiger partial charge in [-0.2, -0.15) is 0 Å². The average Bonchev–Trinajstić information content (AvgIpc) is 2.90. The van der Waals surface area contributed by atoms with Gasteiger partial charge in [-0.15, -0.1) is 0 Å². The van der Waals surface area contributed by atoms with Crippen LogP contribution in [0, 0.1) is 0 Å². The van der Waals surface area contributed by atoms with E-state index in [1.165, 1.54) is 22.4 Å². The van der Waals surface area contributed by atoms with E-state index in [0.717, 1.165) is 25.1 Å². The van der Waals surface area contributed by atoms with E-state index in [1.807, 2.05) is 12.4 Å². The first-order chi connectivity index (χ1) is 10.8.